The monoisotopic (exact) mass is 250 g/mol. The number of nitrogens with two attached hydrogens (primary N) is 1. The summed E-state index contributed by atoms with van der Waals surface area (Å²) in [7, 11) is 3.61. The van der Waals surface area contributed by atoms with Crippen molar-refractivity contribution in [3.63, 3.8) is 0 Å². The van der Waals surface area contributed by atoms with E-state index in [0.29, 0.717) is 5.96 Å². The van der Waals surface area contributed by atoms with E-state index in [0.717, 1.165) is 12.3 Å². The summed E-state index contributed by atoms with van der Waals surface area (Å²) < 4.78 is 5.13. The minimum absolute atomic E-state index is 0.203. The van der Waals surface area contributed by atoms with Gasteiger partial charge in [0.25, 0.3) is 0 Å². The molecule has 0 fully saturated rings. The second-order valence-corrected chi connectivity index (χ2v) is 4.39. The number of hydrogen-bond donors (Lipinski definition) is 2. The van der Waals surface area contributed by atoms with Crippen LogP contribution < -0.4 is 16.0 Å². The van der Waals surface area contributed by atoms with Crippen molar-refractivity contribution in [2.45, 2.75) is 26.4 Å². The average Bonchev–Trinajstić information content (AvgIpc) is 2.36. The third-order valence-corrected chi connectivity index (χ3v) is 2.45. The molecule has 0 aliphatic rings. The molecule has 0 saturated carbocycles. The van der Waals surface area contributed by atoms with Crippen LogP contribution in [0, 0.1) is 0 Å². The quantitative estimate of drug-likeness (QED) is 0.366. The Morgan fingerprint density at radius 3 is 2.44 bits per heavy atom. The van der Waals surface area contributed by atoms with Crippen molar-refractivity contribution in [1.29, 1.82) is 0 Å². The Morgan fingerprint density at radius 1 is 1.39 bits per heavy atom. The van der Waals surface area contributed by atoms with Gasteiger partial charge in [-0.2, -0.15) is 0 Å². The fraction of sp³-hybridized carbons (Fsp3) is 0.462. The molecule has 5 nitrogen and oxygen atoms in total. The lowest BCUT2D eigenvalue weighted by molar-refractivity contribution is 0.414. The van der Waals surface area contributed by atoms with Gasteiger partial charge in [0.05, 0.1) is 7.11 Å². The predicted molar refractivity (Wildman–Crippen MR) is 74.4 cm³/mol. The molecule has 0 aromatic heterocycles. The second kappa shape index (κ2) is 6.86. The van der Waals surface area contributed by atoms with Crippen LogP contribution in [0.4, 0.5) is 0 Å². The molecular formula is C13H22N4O. The van der Waals surface area contributed by atoms with Crippen molar-refractivity contribution in [1.82, 2.24) is 10.3 Å². The smallest absolute Gasteiger partial charge is 0.208 e. The van der Waals surface area contributed by atoms with Gasteiger partial charge in [0, 0.05) is 19.6 Å². The SMILES string of the molecule is COc1ccc(CN(C)C(=NC(C)C)NN)cc1. The molecule has 18 heavy (non-hydrogen) atoms. The molecule has 1 rings (SSSR count). The van der Waals surface area contributed by atoms with Crippen LogP contribution in [0.5, 0.6) is 5.75 Å². The van der Waals surface area contributed by atoms with Crippen LogP contribution in [0.25, 0.3) is 0 Å². The maximum Gasteiger partial charge on any atom is 0.208 e. The maximum atomic E-state index is 5.48. The summed E-state index contributed by atoms with van der Waals surface area (Å²) in [5, 5.41) is 0. The topological polar surface area (TPSA) is 62.9 Å². The second-order valence-electron chi connectivity index (χ2n) is 4.39. The van der Waals surface area contributed by atoms with E-state index in [1.807, 2.05) is 50.1 Å². The number of hydrazine groups is 1. The van der Waals surface area contributed by atoms with Crippen molar-refractivity contribution in [3.8, 4) is 5.75 Å². The normalized spacial score (nSPS) is 11.6. The molecule has 0 heterocycles. The van der Waals surface area contributed by atoms with E-state index in [-0.39, 0.29) is 6.04 Å². The summed E-state index contributed by atoms with van der Waals surface area (Å²) in [5.41, 5.74) is 3.80. The average molecular weight is 250 g/mol. The predicted octanol–water partition coefficient (Wildman–Crippen LogP) is 1.35. The molecular weight excluding hydrogens is 228 g/mol. The van der Waals surface area contributed by atoms with Crippen LogP contribution in [0.1, 0.15) is 19.4 Å². The third-order valence-electron chi connectivity index (χ3n) is 2.45. The molecule has 3 N–H and O–H groups in total. The summed E-state index contributed by atoms with van der Waals surface area (Å²) in [5.74, 6) is 7.02. The largest absolute Gasteiger partial charge is 0.497 e. The number of nitrogens with zero attached hydrogens (tertiary/aromatic N) is 2. The summed E-state index contributed by atoms with van der Waals surface area (Å²) in [6.45, 7) is 4.76. The molecule has 1 aromatic carbocycles. The molecule has 0 unspecified atom stereocenters. The van der Waals surface area contributed by atoms with E-state index in [9.17, 15) is 0 Å². The molecule has 0 atom stereocenters. The number of methoxy groups -OCH3 is 1. The van der Waals surface area contributed by atoms with Gasteiger partial charge in [-0.05, 0) is 31.5 Å². The Kier molecular flexibility index (Phi) is 5.45. The zero-order chi connectivity index (χ0) is 13.5. The lowest BCUT2D eigenvalue weighted by Gasteiger charge is -2.21. The molecule has 0 saturated heterocycles. The Balaban J connectivity index is 2.70. The minimum atomic E-state index is 0.203. The lowest BCUT2D eigenvalue weighted by Crippen LogP contribution is -2.42. The number of ether oxygens (including phenoxy) is 1. The van der Waals surface area contributed by atoms with Crippen molar-refractivity contribution in [2.24, 2.45) is 10.8 Å². The number of aliphatic imine (C=N–C) groups is 1. The molecule has 100 valence electrons. The first-order valence-electron chi connectivity index (χ1n) is 5.95. The number of nitrogens with one attached hydrogen (secondary N) is 1. The number of benzene rings is 1. The van der Waals surface area contributed by atoms with Crippen molar-refractivity contribution in [2.75, 3.05) is 14.2 Å². The van der Waals surface area contributed by atoms with Crippen molar-refractivity contribution >= 4 is 5.96 Å². The zero-order valence-electron chi connectivity index (χ0n) is 11.5. The number of hydrogen-bond acceptors (Lipinski definition) is 3. The van der Waals surface area contributed by atoms with Gasteiger partial charge in [0.15, 0.2) is 0 Å². The Morgan fingerprint density at radius 2 is 2.00 bits per heavy atom. The lowest BCUT2D eigenvalue weighted by atomic mass is 10.2. The maximum absolute atomic E-state index is 5.48. The first-order valence-corrected chi connectivity index (χ1v) is 5.95. The highest BCUT2D eigenvalue weighted by molar-refractivity contribution is 5.79. The first-order chi connectivity index (χ1) is 8.56. The fourth-order valence-electron chi connectivity index (χ4n) is 1.57. The molecule has 0 bridgehead atoms. The van der Waals surface area contributed by atoms with E-state index in [2.05, 4.69) is 10.4 Å². The van der Waals surface area contributed by atoms with Gasteiger partial charge in [-0.15, -0.1) is 0 Å². The van der Waals surface area contributed by atoms with E-state index in [1.165, 1.54) is 5.56 Å². The molecule has 0 spiro atoms. The highest BCUT2D eigenvalue weighted by Gasteiger charge is 2.06. The molecule has 0 aliphatic carbocycles. The van der Waals surface area contributed by atoms with Crippen LogP contribution in [-0.2, 0) is 6.54 Å². The van der Waals surface area contributed by atoms with E-state index >= 15 is 0 Å². The van der Waals surface area contributed by atoms with Crippen molar-refractivity contribution in [3.05, 3.63) is 29.8 Å². The minimum Gasteiger partial charge on any atom is -0.497 e. The fourth-order valence-corrected chi connectivity index (χ4v) is 1.57. The Labute approximate surface area is 109 Å². The molecule has 0 aliphatic heterocycles. The highest BCUT2D eigenvalue weighted by Crippen LogP contribution is 2.12. The van der Waals surface area contributed by atoms with Crippen LogP contribution >= 0.6 is 0 Å². The van der Waals surface area contributed by atoms with Gasteiger partial charge < -0.3 is 9.64 Å². The van der Waals surface area contributed by atoms with Gasteiger partial charge >= 0.3 is 0 Å². The number of guanidine groups is 1. The van der Waals surface area contributed by atoms with Gasteiger partial charge in [-0.25, -0.2) is 10.8 Å². The van der Waals surface area contributed by atoms with Crippen LogP contribution in [0.3, 0.4) is 0 Å². The van der Waals surface area contributed by atoms with Crippen LogP contribution in [-0.4, -0.2) is 31.1 Å². The highest BCUT2D eigenvalue weighted by atomic mass is 16.5. The van der Waals surface area contributed by atoms with Gasteiger partial charge in [0.2, 0.25) is 5.96 Å². The van der Waals surface area contributed by atoms with E-state index < -0.39 is 0 Å². The van der Waals surface area contributed by atoms with Crippen LogP contribution in [0.15, 0.2) is 29.3 Å². The first kappa shape index (κ1) is 14.3. The van der Waals surface area contributed by atoms with E-state index in [1.54, 1.807) is 7.11 Å². The Bertz CT molecular complexity index is 386. The standard InChI is InChI=1S/C13H22N4O/c1-10(2)15-13(16-14)17(3)9-11-5-7-12(18-4)8-6-11/h5-8,10H,9,14H2,1-4H3,(H,15,16). The van der Waals surface area contributed by atoms with Gasteiger partial charge in [-0.3, -0.25) is 5.43 Å². The molecule has 0 amide bonds. The summed E-state index contributed by atoms with van der Waals surface area (Å²) >= 11 is 0. The van der Waals surface area contributed by atoms with Gasteiger partial charge in [0.1, 0.15) is 5.75 Å². The van der Waals surface area contributed by atoms with E-state index in [4.69, 9.17) is 10.6 Å². The molecule has 1 aromatic rings. The van der Waals surface area contributed by atoms with Crippen LogP contribution in [0.2, 0.25) is 0 Å². The molecule has 0 radical (unpaired) electrons. The molecule has 5 heteroatoms. The number of rotatable bonds is 4. The summed E-state index contributed by atoms with van der Waals surface area (Å²) in [6.07, 6.45) is 0. The Hall–Kier alpha value is -1.75. The van der Waals surface area contributed by atoms with Gasteiger partial charge in [-0.1, -0.05) is 12.1 Å². The zero-order valence-corrected chi connectivity index (χ0v) is 11.5. The van der Waals surface area contributed by atoms with Crippen molar-refractivity contribution < 1.29 is 4.74 Å². The summed E-state index contributed by atoms with van der Waals surface area (Å²) in [6, 6.07) is 8.14. The third kappa shape index (κ3) is 4.25. The summed E-state index contributed by atoms with van der Waals surface area (Å²) in [4.78, 5) is 6.38.